The fourth-order valence-electron chi connectivity index (χ4n) is 2.32. The highest BCUT2D eigenvalue weighted by molar-refractivity contribution is 7.89. The number of hydrogen-bond donors (Lipinski definition) is 1. The molecule has 1 fully saturated rings. The Kier molecular flexibility index (Phi) is 5.09. The molecular weight excluding hydrogens is 283 g/mol. The normalized spacial score (nSPS) is 21.0. The van der Waals surface area contributed by atoms with Crippen molar-refractivity contribution in [1.29, 1.82) is 0 Å². The van der Waals surface area contributed by atoms with Crippen molar-refractivity contribution in [1.82, 2.24) is 9.62 Å². The molecule has 1 atom stereocenters. The SMILES string of the molecule is COCCS(=O)(=O)N1CCNCC1c1cccc(F)c1. The first-order valence-electron chi connectivity index (χ1n) is 6.49. The third-order valence-corrected chi connectivity index (χ3v) is 5.16. The standard InChI is InChI=1S/C13H19FN2O3S/c1-19-7-8-20(17,18)16-6-5-15-10-13(16)11-3-2-4-12(14)9-11/h2-4,9,13,15H,5-8,10H2,1H3. The molecule has 1 aromatic rings. The number of benzene rings is 1. The van der Waals surface area contributed by atoms with Crippen LogP contribution in [0.1, 0.15) is 11.6 Å². The summed E-state index contributed by atoms with van der Waals surface area (Å²) in [6.07, 6.45) is 0. The van der Waals surface area contributed by atoms with E-state index in [1.807, 2.05) is 0 Å². The van der Waals surface area contributed by atoms with Gasteiger partial charge in [0.1, 0.15) is 5.82 Å². The molecule has 0 aromatic heterocycles. The molecule has 1 saturated heterocycles. The molecule has 2 rings (SSSR count). The molecule has 0 radical (unpaired) electrons. The Morgan fingerprint density at radius 3 is 3.00 bits per heavy atom. The van der Waals surface area contributed by atoms with Crippen molar-refractivity contribution in [3.63, 3.8) is 0 Å². The van der Waals surface area contributed by atoms with Gasteiger partial charge in [-0.15, -0.1) is 0 Å². The van der Waals surface area contributed by atoms with Crippen molar-refractivity contribution in [2.75, 3.05) is 39.1 Å². The highest BCUT2D eigenvalue weighted by Gasteiger charge is 2.32. The van der Waals surface area contributed by atoms with Gasteiger partial charge >= 0.3 is 0 Å². The summed E-state index contributed by atoms with van der Waals surface area (Å²) in [5, 5.41) is 3.15. The van der Waals surface area contributed by atoms with Crippen LogP contribution in [-0.4, -0.2) is 51.8 Å². The summed E-state index contributed by atoms with van der Waals surface area (Å²) < 4.78 is 44.3. The third-order valence-electron chi connectivity index (χ3n) is 3.33. The Morgan fingerprint density at radius 2 is 2.30 bits per heavy atom. The monoisotopic (exact) mass is 302 g/mol. The molecule has 0 spiro atoms. The molecule has 0 amide bonds. The minimum absolute atomic E-state index is 0.0602. The average Bonchev–Trinajstić information content (AvgIpc) is 2.45. The van der Waals surface area contributed by atoms with Gasteiger partial charge in [-0.3, -0.25) is 0 Å². The van der Waals surface area contributed by atoms with Crippen LogP contribution in [0.3, 0.4) is 0 Å². The molecule has 1 aromatic carbocycles. The second-order valence-corrected chi connectivity index (χ2v) is 6.74. The van der Waals surface area contributed by atoms with Gasteiger partial charge in [-0.2, -0.15) is 4.31 Å². The van der Waals surface area contributed by atoms with Crippen molar-refractivity contribution in [3.8, 4) is 0 Å². The van der Waals surface area contributed by atoms with Gasteiger partial charge < -0.3 is 10.1 Å². The summed E-state index contributed by atoms with van der Waals surface area (Å²) in [6, 6.07) is 5.71. The Hall–Kier alpha value is -1.02. The predicted octanol–water partition coefficient (Wildman–Crippen LogP) is 0.748. The van der Waals surface area contributed by atoms with Crippen molar-refractivity contribution < 1.29 is 17.5 Å². The van der Waals surface area contributed by atoms with Crippen LogP contribution in [0.2, 0.25) is 0 Å². The van der Waals surface area contributed by atoms with E-state index >= 15 is 0 Å². The summed E-state index contributed by atoms with van der Waals surface area (Å²) in [5.41, 5.74) is 0.665. The van der Waals surface area contributed by atoms with Gasteiger partial charge in [-0.1, -0.05) is 12.1 Å². The van der Waals surface area contributed by atoms with Crippen molar-refractivity contribution in [2.45, 2.75) is 6.04 Å². The maximum absolute atomic E-state index is 13.3. The van der Waals surface area contributed by atoms with Crippen LogP contribution in [0.15, 0.2) is 24.3 Å². The van der Waals surface area contributed by atoms with E-state index in [9.17, 15) is 12.8 Å². The molecule has 1 heterocycles. The lowest BCUT2D eigenvalue weighted by Crippen LogP contribution is -2.49. The highest BCUT2D eigenvalue weighted by atomic mass is 32.2. The lowest BCUT2D eigenvalue weighted by Gasteiger charge is -2.35. The number of piperazine rings is 1. The number of ether oxygens (including phenoxy) is 1. The lowest BCUT2D eigenvalue weighted by molar-refractivity contribution is 0.212. The largest absolute Gasteiger partial charge is 0.384 e. The second kappa shape index (κ2) is 6.62. The van der Waals surface area contributed by atoms with Crippen LogP contribution in [0.25, 0.3) is 0 Å². The van der Waals surface area contributed by atoms with Crippen molar-refractivity contribution >= 4 is 10.0 Å². The van der Waals surface area contributed by atoms with Crippen LogP contribution in [0.5, 0.6) is 0 Å². The molecule has 1 aliphatic rings. The molecule has 1 aliphatic heterocycles. The zero-order valence-electron chi connectivity index (χ0n) is 11.4. The fraction of sp³-hybridized carbons (Fsp3) is 0.538. The maximum atomic E-state index is 13.3. The highest BCUT2D eigenvalue weighted by Crippen LogP contribution is 2.25. The zero-order chi connectivity index (χ0) is 14.6. The lowest BCUT2D eigenvalue weighted by atomic mass is 10.1. The van der Waals surface area contributed by atoms with E-state index in [-0.39, 0.29) is 24.2 Å². The number of nitrogens with one attached hydrogen (secondary N) is 1. The summed E-state index contributed by atoms with van der Waals surface area (Å²) in [7, 11) is -1.94. The first kappa shape index (κ1) is 15.4. The number of sulfonamides is 1. The van der Waals surface area contributed by atoms with Gasteiger partial charge in [0.05, 0.1) is 18.4 Å². The summed E-state index contributed by atoms with van der Waals surface area (Å²) in [4.78, 5) is 0. The Balaban J connectivity index is 2.25. The molecule has 5 nitrogen and oxygen atoms in total. The van der Waals surface area contributed by atoms with Crippen LogP contribution in [0.4, 0.5) is 4.39 Å². The zero-order valence-corrected chi connectivity index (χ0v) is 12.2. The average molecular weight is 302 g/mol. The second-order valence-electron chi connectivity index (χ2n) is 4.69. The van der Waals surface area contributed by atoms with Crippen molar-refractivity contribution in [3.05, 3.63) is 35.6 Å². The summed E-state index contributed by atoms with van der Waals surface area (Å²) in [5.74, 6) is -0.419. The van der Waals surface area contributed by atoms with Gasteiger partial charge in [0.15, 0.2) is 0 Å². The van der Waals surface area contributed by atoms with Gasteiger partial charge in [-0.25, -0.2) is 12.8 Å². The molecule has 0 saturated carbocycles. The van der Waals surface area contributed by atoms with Gasteiger partial charge in [0, 0.05) is 26.7 Å². The maximum Gasteiger partial charge on any atom is 0.217 e. The number of halogens is 1. The molecule has 1 N–H and O–H groups in total. The molecule has 0 aliphatic carbocycles. The molecular formula is C13H19FN2O3S. The topological polar surface area (TPSA) is 58.6 Å². The minimum atomic E-state index is -3.41. The number of rotatable bonds is 5. The predicted molar refractivity (Wildman–Crippen MR) is 74.4 cm³/mol. The smallest absolute Gasteiger partial charge is 0.217 e. The van der Waals surface area contributed by atoms with E-state index in [0.29, 0.717) is 25.2 Å². The molecule has 112 valence electrons. The number of methoxy groups -OCH3 is 1. The van der Waals surface area contributed by atoms with Crippen LogP contribution in [0, 0.1) is 5.82 Å². The summed E-state index contributed by atoms with van der Waals surface area (Å²) >= 11 is 0. The van der Waals surface area contributed by atoms with Crippen molar-refractivity contribution in [2.24, 2.45) is 0 Å². The number of nitrogens with zero attached hydrogens (tertiary/aromatic N) is 1. The third kappa shape index (κ3) is 3.54. The van der Waals surface area contributed by atoms with Gasteiger partial charge in [-0.05, 0) is 17.7 Å². The fourth-order valence-corrected chi connectivity index (χ4v) is 3.89. The Morgan fingerprint density at radius 1 is 1.50 bits per heavy atom. The van der Waals surface area contributed by atoms with E-state index in [1.165, 1.54) is 23.5 Å². The van der Waals surface area contributed by atoms with Gasteiger partial charge in [0.2, 0.25) is 10.0 Å². The van der Waals surface area contributed by atoms with Crippen LogP contribution >= 0.6 is 0 Å². The summed E-state index contributed by atoms with van der Waals surface area (Å²) in [6.45, 7) is 1.61. The Bertz CT molecular complexity index is 550. The molecule has 20 heavy (non-hydrogen) atoms. The van der Waals surface area contributed by atoms with E-state index in [2.05, 4.69) is 5.32 Å². The van der Waals surface area contributed by atoms with Crippen LogP contribution in [-0.2, 0) is 14.8 Å². The van der Waals surface area contributed by atoms with E-state index < -0.39 is 10.0 Å². The quantitative estimate of drug-likeness (QED) is 0.872. The van der Waals surface area contributed by atoms with E-state index in [0.717, 1.165) is 0 Å². The molecule has 0 bridgehead atoms. The number of hydrogen-bond acceptors (Lipinski definition) is 4. The molecule has 7 heteroatoms. The van der Waals surface area contributed by atoms with E-state index in [1.54, 1.807) is 12.1 Å². The van der Waals surface area contributed by atoms with Gasteiger partial charge in [0.25, 0.3) is 0 Å². The van der Waals surface area contributed by atoms with E-state index in [4.69, 9.17) is 4.74 Å². The minimum Gasteiger partial charge on any atom is -0.384 e. The molecule has 1 unspecified atom stereocenters. The van der Waals surface area contributed by atoms with Crippen LogP contribution < -0.4 is 5.32 Å². The first-order chi connectivity index (χ1) is 9.54. The first-order valence-corrected chi connectivity index (χ1v) is 8.10. The Labute approximate surface area is 118 Å².